The average molecular weight is 266 g/mol. The Hall–Kier alpha value is -1.62. The second-order valence-corrected chi connectivity index (χ2v) is 5.24. The number of likely N-dealkylation sites (tertiary alicyclic amines) is 1. The molecule has 1 heterocycles. The molecule has 1 fully saturated rings. The van der Waals surface area contributed by atoms with E-state index < -0.39 is 11.7 Å². The van der Waals surface area contributed by atoms with Crippen molar-refractivity contribution in [1.29, 1.82) is 0 Å². The highest BCUT2D eigenvalue weighted by atomic mass is 19.1. The minimum Gasteiger partial charge on any atom is -0.507 e. The Morgan fingerprint density at radius 2 is 2.32 bits per heavy atom. The second kappa shape index (κ2) is 5.57. The zero-order valence-electron chi connectivity index (χ0n) is 11.3. The van der Waals surface area contributed by atoms with Crippen molar-refractivity contribution in [2.45, 2.75) is 6.42 Å². The van der Waals surface area contributed by atoms with Crippen molar-refractivity contribution < 1.29 is 14.3 Å². The summed E-state index contributed by atoms with van der Waals surface area (Å²) in [7, 11) is 3.69. The lowest BCUT2D eigenvalue weighted by molar-refractivity contribution is 0.0766. The predicted octanol–water partition coefficient (Wildman–Crippen LogP) is 1.55. The van der Waals surface area contributed by atoms with Crippen molar-refractivity contribution in [2.24, 2.45) is 5.92 Å². The summed E-state index contributed by atoms with van der Waals surface area (Å²) in [6, 6.07) is 3.89. The van der Waals surface area contributed by atoms with Gasteiger partial charge in [0.2, 0.25) is 0 Å². The van der Waals surface area contributed by atoms with E-state index in [2.05, 4.69) is 4.90 Å². The molecule has 0 aliphatic carbocycles. The van der Waals surface area contributed by atoms with Crippen LogP contribution in [0.4, 0.5) is 4.39 Å². The van der Waals surface area contributed by atoms with Crippen molar-refractivity contribution in [1.82, 2.24) is 9.80 Å². The van der Waals surface area contributed by atoms with Gasteiger partial charge in [-0.15, -0.1) is 0 Å². The number of rotatable bonds is 3. The number of aromatic hydroxyl groups is 1. The molecule has 1 amide bonds. The van der Waals surface area contributed by atoms with Crippen LogP contribution in [0.1, 0.15) is 16.8 Å². The Balaban J connectivity index is 2.07. The van der Waals surface area contributed by atoms with Crippen molar-refractivity contribution in [2.75, 3.05) is 33.7 Å². The fraction of sp³-hybridized carbons (Fsp3) is 0.500. The number of halogens is 1. The van der Waals surface area contributed by atoms with Crippen LogP contribution in [0.25, 0.3) is 0 Å². The van der Waals surface area contributed by atoms with E-state index in [1.807, 2.05) is 7.05 Å². The SMILES string of the molecule is CN1CCC(CN(C)C(=O)c2c(O)cccc2F)C1. The minimum absolute atomic E-state index is 0.239. The maximum atomic E-state index is 13.6. The lowest BCUT2D eigenvalue weighted by Crippen LogP contribution is -2.33. The van der Waals surface area contributed by atoms with Gasteiger partial charge in [0, 0.05) is 20.1 Å². The number of amides is 1. The molecule has 1 aliphatic rings. The highest BCUT2D eigenvalue weighted by Gasteiger charge is 2.25. The molecule has 0 bridgehead atoms. The van der Waals surface area contributed by atoms with Gasteiger partial charge in [-0.25, -0.2) is 4.39 Å². The van der Waals surface area contributed by atoms with Gasteiger partial charge in [-0.2, -0.15) is 0 Å². The van der Waals surface area contributed by atoms with Crippen LogP contribution < -0.4 is 0 Å². The fourth-order valence-electron chi connectivity index (χ4n) is 2.56. The smallest absolute Gasteiger partial charge is 0.260 e. The summed E-state index contributed by atoms with van der Waals surface area (Å²) in [5.41, 5.74) is -0.239. The first-order valence-electron chi connectivity index (χ1n) is 6.40. The van der Waals surface area contributed by atoms with Gasteiger partial charge in [0.1, 0.15) is 17.1 Å². The standard InChI is InChI=1S/C14H19FN2O2/c1-16-7-6-10(8-16)9-17(2)14(19)13-11(15)4-3-5-12(13)18/h3-5,10,18H,6-9H2,1-2H3. The van der Waals surface area contributed by atoms with E-state index in [0.717, 1.165) is 19.5 Å². The maximum absolute atomic E-state index is 13.6. The van der Waals surface area contributed by atoms with Gasteiger partial charge in [0.25, 0.3) is 5.91 Å². The number of hydrogen-bond acceptors (Lipinski definition) is 3. The van der Waals surface area contributed by atoms with Gasteiger partial charge in [-0.05, 0) is 38.1 Å². The molecular formula is C14H19FN2O2. The van der Waals surface area contributed by atoms with E-state index >= 15 is 0 Å². The number of phenols is 1. The molecule has 19 heavy (non-hydrogen) atoms. The Kier molecular flexibility index (Phi) is 4.04. The third-order valence-corrected chi connectivity index (χ3v) is 3.57. The Morgan fingerprint density at radius 1 is 1.58 bits per heavy atom. The molecule has 0 radical (unpaired) electrons. The van der Waals surface area contributed by atoms with Gasteiger partial charge in [-0.3, -0.25) is 4.79 Å². The van der Waals surface area contributed by atoms with Crippen molar-refractivity contribution in [3.05, 3.63) is 29.6 Å². The molecule has 1 unspecified atom stereocenters. The van der Waals surface area contributed by atoms with Crippen molar-refractivity contribution in [3.63, 3.8) is 0 Å². The third kappa shape index (κ3) is 3.04. The summed E-state index contributed by atoms with van der Waals surface area (Å²) in [6.45, 7) is 2.55. The monoisotopic (exact) mass is 266 g/mol. The lowest BCUT2D eigenvalue weighted by atomic mass is 10.1. The third-order valence-electron chi connectivity index (χ3n) is 3.57. The van der Waals surface area contributed by atoms with E-state index in [4.69, 9.17) is 0 Å². The predicted molar refractivity (Wildman–Crippen MR) is 70.6 cm³/mol. The molecule has 1 atom stereocenters. The Bertz CT molecular complexity index is 458. The molecule has 1 aromatic rings. The molecule has 0 aromatic heterocycles. The first kappa shape index (κ1) is 13.8. The summed E-state index contributed by atoms with van der Waals surface area (Å²) in [5, 5.41) is 9.62. The van der Waals surface area contributed by atoms with Crippen LogP contribution in [0.2, 0.25) is 0 Å². The first-order chi connectivity index (χ1) is 8.99. The van der Waals surface area contributed by atoms with Crippen LogP contribution in [-0.4, -0.2) is 54.5 Å². The van der Waals surface area contributed by atoms with Crippen molar-refractivity contribution >= 4 is 5.91 Å². The number of nitrogens with zero attached hydrogens (tertiary/aromatic N) is 2. The topological polar surface area (TPSA) is 43.8 Å². The molecule has 1 N–H and O–H groups in total. The zero-order chi connectivity index (χ0) is 14.0. The molecule has 1 aromatic carbocycles. The van der Waals surface area contributed by atoms with Crippen LogP contribution in [0, 0.1) is 11.7 Å². The van der Waals surface area contributed by atoms with Crippen LogP contribution in [0.3, 0.4) is 0 Å². The van der Waals surface area contributed by atoms with Gasteiger partial charge < -0.3 is 14.9 Å². The van der Waals surface area contributed by atoms with E-state index in [-0.39, 0.29) is 11.3 Å². The quantitative estimate of drug-likeness (QED) is 0.903. The molecule has 5 heteroatoms. The normalized spacial score (nSPS) is 19.6. The number of hydrogen-bond donors (Lipinski definition) is 1. The molecule has 2 rings (SSSR count). The number of benzene rings is 1. The number of carbonyl (C=O) groups is 1. The summed E-state index contributed by atoms with van der Waals surface area (Å²) in [4.78, 5) is 15.9. The maximum Gasteiger partial charge on any atom is 0.260 e. The fourth-order valence-corrected chi connectivity index (χ4v) is 2.56. The molecular weight excluding hydrogens is 247 g/mol. The first-order valence-corrected chi connectivity index (χ1v) is 6.40. The average Bonchev–Trinajstić information content (AvgIpc) is 2.74. The van der Waals surface area contributed by atoms with Crippen LogP contribution in [0.5, 0.6) is 5.75 Å². The van der Waals surface area contributed by atoms with Crippen LogP contribution >= 0.6 is 0 Å². The highest BCUT2D eigenvalue weighted by molar-refractivity contribution is 5.96. The molecule has 104 valence electrons. The van der Waals surface area contributed by atoms with Gasteiger partial charge >= 0.3 is 0 Å². The minimum atomic E-state index is -0.680. The summed E-state index contributed by atoms with van der Waals surface area (Å²) >= 11 is 0. The number of phenolic OH excluding ortho intramolecular Hbond substituents is 1. The summed E-state index contributed by atoms with van der Waals surface area (Å²) in [5.74, 6) is -1.04. The van der Waals surface area contributed by atoms with Crippen LogP contribution in [-0.2, 0) is 0 Å². The lowest BCUT2D eigenvalue weighted by Gasteiger charge is -2.21. The van der Waals surface area contributed by atoms with Gasteiger partial charge in [0.05, 0.1) is 0 Å². The van der Waals surface area contributed by atoms with Crippen molar-refractivity contribution in [3.8, 4) is 5.75 Å². The summed E-state index contributed by atoms with van der Waals surface area (Å²) in [6.07, 6.45) is 1.04. The highest BCUT2D eigenvalue weighted by Crippen LogP contribution is 2.22. The molecule has 0 saturated carbocycles. The van der Waals surface area contributed by atoms with E-state index in [1.165, 1.54) is 23.1 Å². The Labute approximate surface area is 112 Å². The number of carbonyl (C=O) groups excluding carboxylic acids is 1. The largest absolute Gasteiger partial charge is 0.507 e. The summed E-state index contributed by atoms with van der Waals surface area (Å²) < 4.78 is 13.6. The van der Waals surface area contributed by atoms with Crippen LogP contribution in [0.15, 0.2) is 18.2 Å². The second-order valence-electron chi connectivity index (χ2n) is 5.24. The molecule has 1 saturated heterocycles. The van der Waals surface area contributed by atoms with Gasteiger partial charge in [0.15, 0.2) is 0 Å². The molecule has 1 aliphatic heterocycles. The zero-order valence-corrected chi connectivity index (χ0v) is 11.3. The van der Waals surface area contributed by atoms with Gasteiger partial charge in [-0.1, -0.05) is 6.07 Å². The molecule has 0 spiro atoms. The van der Waals surface area contributed by atoms with E-state index in [1.54, 1.807) is 7.05 Å². The van der Waals surface area contributed by atoms with E-state index in [0.29, 0.717) is 12.5 Å². The van der Waals surface area contributed by atoms with E-state index in [9.17, 15) is 14.3 Å². The molecule has 4 nitrogen and oxygen atoms in total. The Morgan fingerprint density at radius 3 is 2.89 bits per heavy atom.